The first kappa shape index (κ1) is 16.7. The normalized spacial score (nSPS) is 12.5. The number of nitrogens with zero attached hydrogens (tertiary/aromatic N) is 3. The summed E-state index contributed by atoms with van der Waals surface area (Å²) < 4.78 is 5.38. The van der Waals surface area contributed by atoms with Crippen molar-refractivity contribution in [1.82, 2.24) is 14.9 Å². The summed E-state index contributed by atoms with van der Waals surface area (Å²) in [5.41, 5.74) is 0. The molecule has 0 saturated heterocycles. The fraction of sp³-hybridized carbons (Fsp3) is 0.714. The lowest BCUT2D eigenvalue weighted by Crippen LogP contribution is -2.31. The molecule has 1 heterocycles. The molecule has 6 heteroatoms. The summed E-state index contributed by atoms with van der Waals surface area (Å²) in [6, 6.07) is 2.37. The number of likely N-dealkylation sites (N-methyl/N-ethyl adjacent to an activating group) is 1. The predicted octanol–water partition coefficient (Wildman–Crippen LogP) is 1.81. The first-order valence-electron chi connectivity index (χ1n) is 7.16. The zero-order chi connectivity index (χ0) is 15.0. The van der Waals surface area contributed by atoms with E-state index in [-0.39, 0.29) is 0 Å². The third-order valence-electron chi connectivity index (χ3n) is 3.03. The zero-order valence-electron chi connectivity index (χ0n) is 13.2. The Morgan fingerprint density at radius 3 is 2.40 bits per heavy atom. The Morgan fingerprint density at radius 1 is 1.20 bits per heavy atom. The molecule has 0 aromatic carbocycles. The first-order valence-corrected chi connectivity index (χ1v) is 7.16. The van der Waals surface area contributed by atoms with E-state index >= 15 is 0 Å². The molecule has 0 aliphatic rings. The van der Waals surface area contributed by atoms with Crippen LogP contribution >= 0.6 is 0 Å². The van der Waals surface area contributed by atoms with Gasteiger partial charge in [-0.25, -0.2) is 9.97 Å². The number of aromatic nitrogens is 2. The fourth-order valence-corrected chi connectivity index (χ4v) is 1.55. The van der Waals surface area contributed by atoms with Gasteiger partial charge in [-0.3, -0.25) is 0 Å². The second-order valence-electron chi connectivity index (χ2n) is 4.92. The maximum absolute atomic E-state index is 5.38. The Kier molecular flexibility index (Phi) is 7.25. The molecule has 0 radical (unpaired) electrons. The second-order valence-corrected chi connectivity index (χ2v) is 4.92. The molecule has 0 amide bonds. The molecule has 1 unspecified atom stereocenters. The summed E-state index contributed by atoms with van der Waals surface area (Å²) in [5.74, 6) is 2.36. The van der Waals surface area contributed by atoms with E-state index in [0.717, 1.165) is 24.7 Å². The van der Waals surface area contributed by atoms with Crippen molar-refractivity contribution in [3.8, 4) is 0 Å². The van der Waals surface area contributed by atoms with E-state index in [4.69, 9.17) is 4.74 Å². The molecular weight excluding hydrogens is 254 g/mol. The molecule has 114 valence electrons. The van der Waals surface area contributed by atoms with Crippen LogP contribution in [0.3, 0.4) is 0 Å². The Morgan fingerprint density at radius 2 is 1.85 bits per heavy atom. The van der Waals surface area contributed by atoms with Crippen molar-refractivity contribution in [2.24, 2.45) is 0 Å². The van der Waals surface area contributed by atoms with E-state index in [0.29, 0.717) is 25.1 Å². The number of hydrogen-bond donors (Lipinski definition) is 2. The van der Waals surface area contributed by atoms with Crippen LogP contribution in [-0.4, -0.2) is 54.7 Å². The highest BCUT2D eigenvalue weighted by Gasteiger charge is 2.07. The van der Waals surface area contributed by atoms with Gasteiger partial charge in [0.2, 0.25) is 0 Å². The van der Waals surface area contributed by atoms with Crippen molar-refractivity contribution in [3.05, 3.63) is 11.9 Å². The molecule has 6 nitrogen and oxygen atoms in total. The van der Waals surface area contributed by atoms with Gasteiger partial charge in [-0.1, -0.05) is 0 Å². The van der Waals surface area contributed by atoms with Crippen LogP contribution in [0.5, 0.6) is 0 Å². The zero-order valence-corrected chi connectivity index (χ0v) is 13.2. The molecule has 2 N–H and O–H groups in total. The average Bonchev–Trinajstić information content (AvgIpc) is 2.42. The molecule has 0 spiro atoms. The van der Waals surface area contributed by atoms with Gasteiger partial charge in [0.15, 0.2) is 5.82 Å². The van der Waals surface area contributed by atoms with E-state index in [9.17, 15) is 0 Å². The molecule has 0 aliphatic carbocycles. The summed E-state index contributed by atoms with van der Waals surface area (Å²) in [4.78, 5) is 11.1. The van der Waals surface area contributed by atoms with Crippen molar-refractivity contribution in [2.45, 2.75) is 33.4 Å². The van der Waals surface area contributed by atoms with Crippen LogP contribution < -0.4 is 10.6 Å². The quantitative estimate of drug-likeness (QED) is 0.720. The largest absolute Gasteiger partial charge is 0.374 e. The van der Waals surface area contributed by atoms with Gasteiger partial charge in [-0.15, -0.1) is 0 Å². The Labute approximate surface area is 121 Å². The van der Waals surface area contributed by atoms with Crippen LogP contribution in [-0.2, 0) is 11.3 Å². The van der Waals surface area contributed by atoms with Crippen LogP contribution in [0.4, 0.5) is 11.6 Å². The Hall–Kier alpha value is -1.40. The third-order valence-corrected chi connectivity index (χ3v) is 3.03. The highest BCUT2D eigenvalue weighted by molar-refractivity contribution is 5.47. The van der Waals surface area contributed by atoms with Gasteiger partial charge in [-0.05, 0) is 34.9 Å². The number of rotatable bonds is 9. The van der Waals surface area contributed by atoms with Crippen LogP contribution in [0, 0.1) is 0 Å². The molecule has 0 bridgehead atoms. The summed E-state index contributed by atoms with van der Waals surface area (Å²) in [6.45, 7) is 8.95. The van der Waals surface area contributed by atoms with Crippen molar-refractivity contribution in [3.63, 3.8) is 0 Å². The molecular formula is C14H27N5O. The Balaban J connectivity index is 2.74. The summed E-state index contributed by atoms with van der Waals surface area (Å²) >= 11 is 0. The summed E-state index contributed by atoms with van der Waals surface area (Å²) in [6.07, 6.45) is 0. The lowest BCUT2D eigenvalue weighted by Gasteiger charge is -2.20. The van der Waals surface area contributed by atoms with Crippen molar-refractivity contribution in [1.29, 1.82) is 0 Å². The van der Waals surface area contributed by atoms with Crippen LogP contribution in [0.2, 0.25) is 0 Å². The van der Waals surface area contributed by atoms with Crippen molar-refractivity contribution in [2.75, 3.05) is 44.4 Å². The lowest BCUT2D eigenvalue weighted by atomic mass is 10.3. The van der Waals surface area contributed by atoms with Gasteiger partial charge >= 0.3 is 0 Å². The monoisotopic (exact) mass is 281 g/mol. The number of hydrogen-bond acceptors (Lipinski definition) is 6. The van der Waals surface area contributed by atoms with E-state index in [2.05, 4.69) is 46.5 Å². The second kappa shape index (κ2) is 8.71. The van der Waals surface area contributed by atoms with Crippen molar-refractivity contribution >= 4 is 11.6 Å². The number of ether oxygens (including phenoxy) is 1. The topological polar surface area (TPSA) is 62.3 Å². The maximum atomic E-state index is 5.38. The van der Waals surface area contributed by atoms with E-state index < -0.39 is 0 Å². The molecule has 0 saturated carbocycles. The average molecular weight is 281 g/mol. The molecule has 0 aliphatic heterocycles. The van der Waals surface area contributed by atoms with Crippen LogP contribution in [0.1, 0.15) is 26.6 Å². The minimum Gasteiger partial charge on any atom is -0.374 e. The van der Waals surface area contributed by atoms with Crippen LogP contribution in [0.25, 0.3) is 0 Å². The van der Waals surface area contributed by atoms with Gasteiger partial charge < -0.3 is 20.3 Å². The highest BCUT2D eigenvalue weighted by atomic mass is 16.5. The van der Waals surface area contributed by atoms with E-state index in [1.165, 1.54) is 0 Å². The van der Waals surface area contributed by atoms with E-state index in [1.807, 2.05) is 19.9 Å². The van der Waals surface area contributed by atoms with Gasteiger partial charge in [0, 0.05) is 31.8 Å². The fourth-order valence-electron chi connectivity index (χ4n) is 1.55. The molecule has 1 atom stereocenters. The van der Waals surface area contributed by atoms with Gasteiger partial charge in [-0.2, -0.15) is 0 Å². The molecule has 20 heavy (non-hydrogen) atoms. The standard InChI is InChI=1S/C14H27N5O/c1-6-15-12-8-13(16-9-11(3)19(4)5)18-14(17-12)10-20-7-2/h8,11H,6-7,9-10H2,1-5H3,(H2,15,16,17,18). The minimum atomic E-state index is 0.433. The predicted molar refractivity (Wildman–Crippen MR) is 83.2 cm³/mol. The van der Waals surface area contributed by atoms with E-state index in [1.54, 1.807) is 0 Å². The number of anilines is 2. The molecule has 1 aromatic heterocycles. The number of nitrogens with one attached hydrogen (secondary N) is 2. The van der Waals surface area contributed by atoms with Gasteiger partial charge in [0.25, 0.3) is 0 Å². The SMILES string of the molecule is CCNc1cc(NCC(C)N(C)C)nc(COCC)n1. The summed E-state index contributed by atoms with van der Waals surface area (Å²) in [7, 11) is 4.13. The van der Waals surface area contributed by atoms with Crippen molar-refractivity contribution < 1.29 is 4.74 Å². The Bertz CT molecular complexity index is 397. The minimum absolute atomic E-state index is 0.433. The first-order chi connectivity index (χ1) is 9.56. The molecule has 1 rings (SSSR count). The maximum Gasteiger partial charge on any atom is 0.158 e. The summed E-state index contributed by atoms with van der Waals surface area (Å²) in [5, 5.41) is 6.57. The highest BCUT2D eigenvalue weighted by Crippen LogP contribution is 2.12. The van der Waals surface area contributed by atoms with Gasteiger partial charge in [0.1, 0.15) is 18.2 Å². The third kappa shape index (κ3) is 5.71. The smallest absolute Gasteiger partial charge is 0.158 e. The lowest BCUT2D eigenvalue weighted by molar-refractivity contribution is 0.128. The molecule has 1 aromatic rings. The molecule has 0 fully saturated rings. The van der Waals surface area contributed by atoms with Gasteiger partial charge in [0.05, 0.1) is 0 Å². The van der Waals surface area contributed by atoms with Crippen LogP contribution in [0.15, 0.2) is 6.07 Å².